The number of carbonyl (C=O) groups excluding carboxylic acids is 1. The van der Waals surface area contributed by atoms with Crippen LogP contribution in [0.25, 0.3) is 10.8 Å². The van der Waals surface area contributed by atoms with E-state index in [0.29, 0.717) is 17.9 Å². The lowest BCUT2D eigenvalue weighted by molar-refractivity contribution is 0.104. The first-order chi connectivity index (χ1) is 9.84. The minimum absolute atomic E-state index is 0.0462. The van der Waals surface area contributed by atoms with Gasteiger partial charge in [0, 0.05) is 11.1 Å². The molecule has 0 radical (unpaired) electrons. The zero-order valence-electron chi connectivity index (χ0n) is 10.8. The average molecular weight is 260 g/mol. The number of fused-ring (bicyclic) bond motifs is 4. The number of benzene rings is 3. The summed E-state index contributed by atoms with van der Waals surface area (Å²) in [5.41, 5.74) is 2.36. The SMILES string of the molecule is O=C1c2ccccc2COc2ccc3ccccc3c21. The molecule has 4 rings (SSSR count). The van der Waals surface area contributed by atoms with Crippen molar-refractivity contribution >= 4 is 16.6 Å². The van der Waals surface area contributed by atoms with E-state index in [2.05, 4.69) is 0 Å². The molecule has 0 aliphatic carbocycles. The molecular weight excluding hydrogens is 248 g/mol. The van der Waals surface area contributed by atoms with Crippen molar-refractivity contribution in [2.45, 2.75) is 6.61 Å². The molecular formula is C18H12O2. The fourth-order valence-corrected chi connectivity index (χ4v) is 2.76. The fourth-order valence-electron chi connectivity index (χ4n) is 2.76. The average Bonchev–Trinajstić information content (AvgIpc) is 2.65. The van der Waals surface area contributed by atoms with E-state index < -0.39 is 0 Å². The molecule has 1 aliphatic rings. The van der Waals surface area contributed by atoms with Gasteiger partial charge in [0.1, 0.15) is 12.4 Å². The molecule has 3 aromatic rings. The topological polar surface area (TPSA) is 26.3 Å². The molecule has 0 saturated carbocycles. The van der Waals surface area contributed by atoms with E-state index >= 15 is 0 Å². The van der Waals surface area contributed by atoms with E-state index in [0.717, 1.165) is 21.9 Å². The van der Waals surface area contributed by atoms with Crippen LogP contribution in [0.1, 0.15) is 21.5 Å². The van der Waals surface area contributed by atoms with Crippen molar-refractivity contribution in [1.29, 1.82) is 0 Å². The van der Waals surface area contributed by atoms with Crippen LogP contribution in [-0.4, -0.2) is 5.78 Å². The van der Waals surface area contributed by atoms with Crippen molar-refractivity contribution in [1.82, 2.24) is 0 Å². The second kappa shape index (κ2) is 4.20. The number of hydrogen-bond acceptors (Lipinski definition) is 2. The molecule has 1 aliphatic heterocycles. The van der Waals surface area contributed by atoms with E-state index in [4.69, 9.17) is 4.74 Å². The largest absolute Gasteiger partial charge is 0.488 e. The maximum atomic E-state index is 12.9. The molecule has 2 heteroatoms. The lowest BCUT2D eigenvalue weighted by Crippen LogP contribution is -2.03. The molecule has 2 nitrogen and oxygen atoms in total. The lowest BCUT2D eigenvalue weighted by atomic mass is 9.95. The summed E-state index contributed by atoms with van der Waals surface area (Å²) < 4.78 is 5.83. The van der Waals surface area contributed by atoms with Crippen LogP contribution in [0.5, 0.6) is 5.75 Å². The fraction of sp³-hybridized carbons (Fsp3) is 0.0556. The number of carbonyl (C=O) groups is 1. The summed E-state index contributed by atoms with van der Waals surface area (Å²) in [6.45, 7) is 0.438. The van der Waals surface area contributed by atoms with Crippen molar-refractivity contribution in [2.24, 2.45) is 0 Å². The molecule has 0 amide bonds. The molecule has 3 aromatic carbocycles. The first-order valence-electron chi connectivity index (χ1n) is 6.62. The van der Waals surface area contributed by atoms with Crippen LogP contribution in [0.3, 0.4) is 0 Å². The standard InChI is InChI=1S/C18H12O2/c19-18-15-8-4-2-6-13(15)11-20-16-10-9-12-5-1-3-7-14(12)17(16)18/h1-10H,11H2. The minimum atomic E-state index is 0.0462. The molecule has 0 fully saturated rings. The van der Waals surface area contributed by atoms with Gasteiger partial charge in [-0.25, -0.2) is 0 Å². The van der Waals surface area contributed by atoms with Crippen molar-refractivity contribution < 1.29 is 9.53 Å². The third-order valence-corrected chi connectivity index (χ3v) is 3.76. The van der Waals surface area contributed by atoms with Gasteiger partial charge in [-0.1, -0.05) is 54.6 Å². The Bertz CT molecular complexity index is 834. The molecule has 96 valence electrons. The van der Waals surface area contributed by atoms with Gasteiger partial charge in [0.2, 0.25) is 0 Å². The minimum Gasteiger partial charge on any atom is -0.488 e. The van der Waals surface area contributed by atoms with Crippen molar-refractivity contribution in [3.8, 4) is 5.75 Å². The highest BCUT2D eigenvalue weighted by molar-refractivity contribution is 6.19. The van der Waals surface area contributed by atoms with Crippen molar-refractivity contribution in [3.05, 3.63) is 77.4 Å². The highest BCUT2D eigenvalue weighted by atomic mass is 16.5. The smallest absolute Gasteiger partial charge is 0.197 e. The van der Waals surface area contributed by atoms with Gasteiger partial charge in [0.15, 0.2) is 5.78 Å². The Morgan fingerprint density at radius 3 is 2.60 bits per heavy atom. The molecule has 0 aromatic heterocycles. The van der Waals surface area contributed by atoms with E-state index in [1.54, 1.807) is 0 Å². The molecule has 0 unspecified atom stereocenters. The summed E-state index contributed by atoms with van der Waals surface area (Å²) in [6.07, 6.45) is 0. The van der Waals surface area contributed by atoms with Gasteiger partial charge in [-0.3, -0.25) is 4.79 Å². The summed E-state index contributed by atoms with van der Waals surface area (Å²) in [5, 5.41) is 2.01. The highest BCUT2D eigenvalue weighted by Crippen LogP contribution is 2.33. The molecule has 1 heterocycles. The monoisotopic (exact) mass is 260 g/mol. The molecule has 0 N–H and O–H groups in total. The predicted octanol–water partition coefficient (Wildman–Crippen LogP) is 3.96. The van der Waals surface area contributed by atoms with E-state index in [9.17, 15) is 4.79 Å². The molecule has 20 heavy (non-hydrogen) atoms. The lowest BCUT2D eigenvalue weighted by Gasteiger charge is -2.09. The van der Waals surface area contributed by atoms with Gasteiger partial charge in [0.25, 0.3) is 0 Å². The van der Waals surface area contributed by atoms with Gasteiger partial charge in [-0.15, -0.1) is 0 Å². The van der Waals surface area contributed by atoms with Crippen molar-refractivity contribution in [3.63, 3.8) is 0 Å². The van der Waals surface area contributed by atoms with Crippen LogP contribution >= 0.6 is 0 Å². The number of hydrogen-bond donors (Lipinski definition) is 0. The Morgan fingerprint density at radius 2 is 1.65 bits per heavy atom. The van der Waals surface area contributed by atoms with Gasteiger partial charge in [-0.05, 0) is 16.8 Å². The van der Waals surface area contributed by atoms with E-state index in [1.165, 1.54) is 0 Å². The maximum absolute atomic E-state index is 12.9. The first-order valence-corrected chi connectivity index (χ1v) is 6.62. The zero-order chi connectivity index (χ0) is 13.5. The Labute approximate surface area is 116 Å². The molecule has 0 saturated heterocycles. The van der Waals surface area contributed by atoms with Gasteiger partial charge < -0.3 is 4.74 Å². The molecule has 0 atom stereocenters. The van der Waals surface area contributed by atoms with Gasteiger partial charge in [-0.2, -0.15) is 0 Å². The van der Waals surface area contributed by atoms with Gasteiger partial charge >= 0.3 is 0 Å². The Kier molecular flexibility index (Phi) is 2.36. The number of ether oxygens (including phenoxy) is 1. The first kappa shape index (κ1) is 11.2. The van der Waals surface area contributed by atoms with E-state index in [-0.39, 0.29) is 5.78 Å². The van der Waals surface area contributed by atoms with Crippen LogP contribution in [0.2, 0.25) is 0 Å². The zero-order valence-corrected chi connectivity index (χ0v) is 10.8. The summed E-state index contributed by atoms with van der Waals surface area (Å²) in [5.74, 6) is 0.717. The normalized spacial score (nSPS) is 13.3. The number of rotatable bonds is 0. The second-order valence-electron chi connectivity index (χ2n) is 4.93. The van der Waals surface area contributed by atoms with Crippen LogP contribution in [-0.2, 0) is 6.61 Å². The van der Waals surface area contributed by atoms with Crippen molar-refractivity contribution in [2.75, 3.05) is 0 Å². The summed E-state index contributed by atoms with van der Waals surface area (Å²) >= 11 is 0. The summed E-state index contributed by atoms with van der Waals surface area (Å²) in [6, 6.07) is 19.5. The Hall–Kier alpha value is -2.61. The highest BCUT2D eigenvalue weighted by Gasteiger charge is 2.23. The summed E-state index contributed by atoms with van der Waals surface area (Å²) in [4.78, 5) is 12.9. The maximum Gasteiger partial charge on any atom is 0.197 e. The molecule has 0 spiro atoms. The third kappa shape index (κ3) is 1.55. The Morgan fingerprint density at radius 1 is 0.850 bits per heavy atom. The Balaban J connectivity index is 2.06. The predicted molar refractivity (Wildman–Crippen MR) is 78.2 cm³/mol. The van der Waals surface area contributed by atoms with E-state index in [1.807, 2.05) is 60.7 Å². The van der Waals surface area contributed by atoms with Crippen LogP contribution in [0, 0.1) is 0 Å². The molecule has 0 bridgehead atoms. The second-order valence-corrected chi connectivity index (χ2v) is 4.93. The van der Waals surface area contributed by atoms with Crippen LogP contribution in [0.4, 0.5) is 0 Å². The van der Waals surface area contributed by atoms with Crippen LogP contribution in [0.15, 0.2) is 60.7 Å². The summed E-state index contributed by atoms with van der Waals surface area (Å²) in [7, 11) is 0. The third-order valence-electron chi connectivity index (χ3n) is 3.76. The van der Waals surface area contributed by atoms with Gasteiger partial charge in [0.05, 0.1) is 5.56 Å². The number of ketones is 1. The van der Waals surface area contributed by atoms with Crippen LogP contribution < -0.4 is 4.74 Å². The quantitative estimate of drug-likeness (QED) is 0.611.